The predicted molar refractivity (Wildman–Crippen MR) is 84.2 cm³/mol. The molecular formula is C16H24O9. The molecule has 2 rings (SSSR count). The van der Waals surface area contributed by atoms with Gasteiger partial charge in [0, 0.05) is 12.5 Å². The Balaban J connectivity index is 2.13. The van der Waals surface area contributed by atoms with E-state index in [4.69, 9.17) is 19.3 Å². The summed E-state index contributed by atoms with van der Waals surface area (Å²) >= 11 is 0. The van der Waals surface area contributed by atoms with Gasteiger partial charge in [-0.1, -0.05) is 6.07 Å². The molecule has 9 nitrogen and oxygen atoms in total. The minimum Gasteiger partial charge on any atom is -0.496 e. The van der Waals surface area contributed by atoms with Gasteiger partial charge >= 0.3 is 0 Å². The molecule has 1 fully saturated rings. The van der Waals surface area contributed by atoms with Crippen molar-refractivity contribution < 1.29 is 44.8 Å². The summed E-state index contributed by atoms with van der Waals surface area (Å²) < 4.78 is 16.0. The summed E-state index contributed by atoms with van der Waals surface area (Å²) in [5.41, 5.74) is 0.644. The largest absolute Gasteiger partial charge is 0.496 e. The fourth-order valence-corrected chi connectivity index (χ4v) is 2.58. The fourth-order valence-electron chi connectivity index (χ4n) is 2.58. The first-order valence-electron chi connectivity index (χ1n) is 7.84. The molecule has 1 saturated heterocycles. The van der Waals surface area contributed by atoms with Crippen LogP contribution in [0.25, 0.3) is 0 Å². The number of hydrogen-bond donors (Lipinski definition) is 6. The zero-order valence-electron chi connectivity index (χ0n) is 13.7. The van der Waals surface area contributed by atoms with Gasteiger partial charge in [0.1, 0.15) is 35.9 Å². The highest BCUT2D eigenvalue weighted by Crippen LogP contribution is 2.29. The zero-order chi connectivity index (χ0) is 18.6. The SMILES string of the molecule is COc1cc(OC2OC(CO)C(O)C(O)C2O)ccc1CC(O)CO. The Bertz CT molecular complexity index is 550. The van der Waals surface area contributed by atoms with Crippen LogP contribution in [-0.2, 0) is 11.2 Å². The molecule has 25 heavy (non-hydrogen) atoms. The van der Waals surface area contributed by atoms with Crippen molar-refractivity contribution in [2.45, 2.75) is 43.2 Å². The van der Waals surface area contributed by atoms with Crippen molar-refractivity contribution in [3.8, 4) is 11.5 Å². The van der Waals surface area contributed by atoms with Crippen LogP contribution >= 0.6 is 0 Å². The Morgan fingerprint density at radius 2 is 1.84 bits per heavy atom. The number of benzene rings is 1. The monoisotopic (exact) mass is 360 g/mol. The van der Waals surface area contributed by atoms with Crippen LogP contribution in [0.5, 0.6) is 11.5 Å². The molecule has 0 aromatic heterocycles. The quantitative estimate of drug-likeness (QED) is 0.318. The number of aliphatic hydroxyl groups is 6. The van der Waals surface area contributed by atoms with E-state index in [0.717, 1.165) is 0 Å². The van der Waals surface area contributed by atoms with Crippen LogP contribution < -0.4 is 9.47 Å². The molecule has 0 spiro atoms. The maximum absolute atomic E-state index is 9.98. The molecule has 6 unspecified atom stereocenters. The average Bonchev–Trinajstić information content (AvgIpc) is 2.63. The minimum absolute atomic E-state index is 0.181. The van der Waals surface area contributed by atoms with Gasteiger partial charge < -0.3 is 44.8 Å². The van der Waals surface area contributed by atoms with Gasteiger partial charge in [-0.05, 0) is 11.6 Å². The highest BCUT2D eigenvalue weighted by molar-refractivity contribution is 5.41. The number of rotatable bonds is 7. The lowest BCUT2D eigenvalue weighted by molar-refractivity contribution is -0.277. The van der Waals surface area contributed by atoms with Gasteiger partial charge in [0.15, 0.2) is 0 Å². The molecule has 6 atom stereocenters. The Morgan fingerprint density at radius 1 is 1.12 bits per heavy atom. The van der Waals surface area contributed by atoms with Crippen molar-refractivity contribution in [2.75, 3.05) is 20.3 Å². The minimum atomic E-state index is -1.53. The van der Waals surface area contributed by atoms with Gasteiger partial charge in [0.2, 0.25) is 6.29 Å². The summed E-state index contributed by atoms with van der Waals surface area (Å²) in [6, 6.07) is 4.67. The van der Waals surface area contributed by atoms with Crippen LogP contribution in [0.1, 0.15) is 5.56 Å². The molecule has 0 saturated carbocycles. The second-order valence-electron chi connectivity index (χ2n) is 5.83. The molecule has 142 valence electrons. The average molecular weight is 360 g/mol. The fraction of sp³-hybridized carbons (Fsp3) is 0.625. The number of hydrogen-bond acceptors (Lipinski definition) is 9. The number of aliphatic hydroxyl groups excluding tert-OH is 6. The Morgan fingerprint density at radius 3 is 2.44 bits per heavy atom. The topological polar surface area (TPSA) is 149 Å². The van der Waals surface area contributed by atoms with Gasteiger partial charge in [-0.15, -0.1) is 0 Å². The van der Waals surface area contributed by atoms with Gasteiger partial charge in [-0.3, -0.25) is 0 Å². The van der Waals surface area contributed by atoms with Crippen molar-refractivity contribution in [2.24, 2.45) is 0 Å². The molecule has 0 aliphatic carbocycles. The van der Waals surface area contributed by atoms with Crippen molar-refractivity contribution in [3.05, 3.63) is 23.8 Å². The highest BCUT2D eigenvalue weighted by atomic mass is 16.7. The highest BCUT2D eigenvalue weighted by Gasteiger charge is 2.44. The first-order chi connectivity index (χ1) is 11.9. The molecule has 0 amide bonds. The van der Waals surface area contributed by atoms with E-state index in [9.17, 15) is 25.5 Å². The van der Waals surface area contributed by atoms with Crippen molar-refractivity contribution in [1.29, 1.82) is 0 Å². The molecule has 9 heteroatoms. The van der Waals surface area contributed by atoms with Crippen molar-refractivity contribution in [1.82, 2.24) is 0 Å². The molecule has 6 N–H and O–H groups in total. The molecule has 1 aromatic carbocycles. The van der Waals surface area contributed by atoms with Crippen LogP contribution in [0.2, 0.25) is 0 Å². The first kappa shape index (κ1) is 19.9. The molecule has 1 aliphatic heterocycles. The normalized spacial score (nSPS) is 30.8. The Hall–Kier alpha value is -1.46. The maximum atomic E-state index is 9.98. The molecule has 0 bridgehead atoms. The Labute approximate surface area is 144 Å². The van der Waals surface area contributed by atoms with Crippen LogP contribution in [0.3, 0.4) is 0 Å². The van der Waals surface area contributed by atoms with Gasteiger partial charge in [-0.25, -0.2) is 0 Å². The molecule has 0 radical (unpaired) electrons. The third-order valence-corrected chi connectivity index (χ3v) is 4.03. The third kappa shape index (κ3) is 4.59. The molecule has 1 heterocycles. The van der Waals surface area contributed by atoms with Gasteiger partial charge in [0.25, 0.3) is 0 Å². The number of methoxy groups -OCH3 is 1. The van der Waals surface area contributed by atoms with E-state index in [-0.39, 0.29) is 18.8 Å². The van der Waals surface area contributed by atoms with E-state index in [1.165, 1.54) is 13.2 Å². The standard InChI is InChI=1S/C16H24O9/c1-23-11-5-10(3-2-8(11)4-9(19)6-17)24-16-15(22)14(21)13(20)12(7-18)25-16/h2-3,5,9,12-22H,4,6-7H2,1H3. The van der Waals surface area contributed by atoms with E-state index in [2.05, 4.69) is 0 Å². The lowest BCUT2D eigenvalue weighted by Crippen LogP contribution is -2.60. The molecule has 1 aromatic rings. The third-order valence-electron chi connectivity index (χ3n) is 4.03. The summed E-state index contributed by atoms with van der Waals surface area (Å²) in [6.45, 7) is -0.932. The van der Waals surface area contributed by atoms with Crippen molar-refractivity contribution in [3.63, 3.8) is 0 Å². The molecule has 1 aliphatic rings. The Kier molecular flexibility index (Phi) is 6.96. The smallest absolute Gasteiger partial charge is 0.229 e. The first-order valence-corrected chi connectivity index (χ1v) is 7.84. The summed E-state index contributed by atoms with van der Waals surface area (Å²) in [6.07, 6.45) is -7.61. The number of ether oxygens (including phenoxy) is 3. The lowest BCUT2D eigenvalue weighted by atomic mass is 9.99. The zero-order valence-corrected chi connectivity index (χ0v) is 13.7. The second kappa shape index (κ2) is 8.77. The summed E-state index contributed by atoms with van der Waals surface area (Å²) in [5, 5.41) is 57.2. The van der Waals surface area contributed by atoms with Crippen LogP contribution in [0.4, 0.5) is 0 Å². The molecular weight excluding hydrogens is 336 g/mol. The van der Waals surface area contributed by atoms with Crippen molar-refractivity contribution >= 4 is 0 Å². The maximum Gasteiger partial charge on any atom is 0.229 e. The van der Waals surface area contributed by atoms with Gasteiger partial charge in [0.05, 0.1) is 26.4 Å². The predicted octanol–water partition coefficient (Wildman–Crippen LogP) is -2.23. The van der Waals surface area contributed by atoms with Crippen LogP contribution in [0.15, 0.2) is 18.2 Å². The van der Waals surface area contributed by atoms with Crippen LogP contribution in [-0.4, -0.2) is 87.8 Å². The lowest BCUT2D eigenvalue weighted by Gasteiger charge is -2.39. The summed E-state index contributed by atoms with van der Waals surface area (Å²) in [5.74, 6) is 0.651. The van der Waals surface area contributed by atoms with E-state index >= 15 is 0 Å². The van der Waals surface area contributed by atoms with E-state index in [0.29, 0.717) is 11.3 Å². The van der Waals surface area contributed by atoms with Crippen LogP contribution in [0, 0.1) is 0 Å². The van der Waals surface area contributed by atoms with E-state index in [1.54, 1.807) is 12.1 Å². The van der Waals surface area contributed by atoms with E-state index < -0.39 is 43.4 Å². The second-order valence-corrected chi connectivity index (χ2v) is 5.83. The van der Waals surface area contributed by atoms with Gasteiger partial charge in [-0.2, -0.15) is 0 Å². The summed E-state index contributed by atoms with van der Waals surface area (Å²) in [7, 11) is 1.43. The van der Waals surface area contributed by atoms with E-state index in [1.807, 2.05) is 0 Å². The summed E-state index contributed by atoms with van der Waals surface area (Å²) in [4.78, 5) is 0.